The second-order valence-corrected chi connectivity index (χ2v) is 32.2. The lowest BCUT2D eigenvalue weighted by molar-refractivity contribution is -0.129. The number of hydrogen-bond donors (Lipinski definition) is 1. The van der Waals surface area contributed by atoms with Crippen molar-refractivity contribution in [2.75, 3.05) is 0 Å². The molecule has 0 aromatic heterocycles. The summed E-state index contributed by atoms with van der Waals surface area (Å²) in [5.74, 6) is 0.312. The standard InChI is InChI=1S/C40H80O5Si3/c1-20-25-35(44-47(18,19)39(12,13)14)28-31(5)29-37(42)40(15,45-48(21-2,22-3)23-4)27-24-26-32(6)36(41)30-33(7)34(8)43-46(16,17)38(9,10)11/h20,24,27,32-36,41H,1,5,21-23,25-26,28-30H2,2-4,6-19H3/b27-24+/t32-,33-,34-,35-,36+,40+/m0/s1. The molecule has 8 heteroatoms. The van der Waals surface area contributed by atoms with Crippen molar-refractivity contribution < 1.29 is 23.2 Å². The highest BCUT2D eigenvalue weighted by Crippen LogP contribution is 2.40. The SMILES string of the molecule is C=CC[C@@H](CC(=C)CC(=O)[C@@](C)(/C=C/C[C@H](C)[C@H](O)C[C@H](C)[C@H](C)O[Si](C)(C)C(C)(C)C)O[Si](CC)(CC)CC)O[Si](C)(C)C(C)(C)C. The number of Topliss-reactive ketones (excluding diaryl/α,β-unsaturated/α-hetero) is 1. The first kappa shape index (κ1) is 47.4. The highest BCUT2D eigenvalue weighted by molar-refractivity contribution is 6.74. The van der Waals surface area contributed by atoms with Crippen molar-refractivity contribution in [1.29, 1.82) is 0 Å². The Morgan fingerprint density at radius 2 is 1.29 bits per heavy atom. The number of carbonyl (C=O) groups excluding carboxylic acids is 1. The Labute approximate surface area is 302 Å². The normalized spacial score (nSPS) is 18.2. The molecule has 0 aliphatic rings. The van der Waals surface area contributed by atoms with Gasteiger partial charge in [0, 0.05) is 12.5 Å². The highest BCUT2D eigenvalue weighted by Gasteiger charge is 2.43. The number of aliphatic hydroxyl groups excluding tert-OH is 1. The predicted octanol–water partition coefficient (Wildman–Crippen LogP) is 12.0. The number of carbonyl (C=O) groups is 1. The third-order valence-electron chi connectivity index (χ3n) is 11.8. The molecule has 0 rings (SSSR count). The number of ketones is 1. The van der Waals surface area contributed by atoms with Crippen LogP contribution in [0.5, 0.6) is 0 Å². The molecule has 0 aliphatic heterocycles. The summed E-state index contributed by atoms with van der Waals surface area (Å²) < 4.78 is 20.3. The molecule has 0 unspecified atom stereocenters. The molecule has 0 aromatic carbocycles. The van der Waals surface area contributed by atoms with E-state index in [0.29, 0.717) is 19.3 Å². The molecule has 0 amide bonds. The van der Waals surface area contributed by atoms with Crippen LogP contribution in [0.4, 0.5) is 0 Å². The number of hydrogen-bond acceptors (Lipinski definition) is 5. The minimum Gasteiger partial charge on any atom is -0.414 e. The summed E-state index contributed by atoms with van der Waals surface area (Å²) in [6.45, 7) is 45.9. The Kier molecular flexibility index (Phi) is 19.0. The van der Waals surface area contributed by atoms with Crippen LogP contribution < -0.4 is 0 Å². The maximum Gasteiger partial charge on any atom is 0.193 e. The van der Waals surface area contributed by atoms with E-state index in [-0.39, 0.29) is 46.3 Å². The molecule has 48 heavy (non-hydrogen) atoms. The first-order valence-electron chi connectivity index (χ1n) is 18.9. The van der Waals surface area contributed by atoms with Gasteiger partial charge in [-0.25, -0.2) is 0 Å². The zero-order valence-corrected chi connectivity index (χ0v) is 37.8. The summed E-state index contributed by atoms with van der Waals surface area (Å²) in [5, 5.41) is 11.5. The van der Waals surface area contributed by atoms with Crippen molar-refractivity contribution in [3.63, 3.8) is 0 Å². The lowest BCUT2D eigenvalue weighted by Crippen LogP contribution is -2.49. The average molecular weight is 725 g/mol. The van der Waals surface area contributed by atoms with Gasteiger partial charge < -0.3 is 18.4 Å². The minimum absolute atomic E-state index is 0.0377. The average Bonchev–Trinajstić information content (AvgIpc) is 2.94. The van der Waals surface area contributed by atoms with E-state index in [1.54, 1.807) is 0 Å². The van der Waals surface area contributed by atoms with Gasteiger partial charge in [0.15, 0.2) is 30.7 Å². The molecule has 5 nitrogen and oxygen atoms in total. The van der Waals surface area contributed by atoms with Crippen LogP contribution in [0.1, 0.15) is 122 Å². The lowest BCUT2D eigenvalue weighted by Gasteiger charge is -2.40. The van der Waals surface area contributed by atoms with Gasteiger partial charge in [-0.2, -0.15) is 0 Å². The van der Waals surface area contributed by atoms with Crippen LogP contribution in [0.2, 0.25) is 54.4 Å². The molecule has 0 aromatic rings. The summed E-state index contributed by atoms with van der Waals surface area (Å²) in [7, 11) is -6.01. The van der Waals surface area contributed by atoms with Gasteiger partial charge in [0.2, 0.25) is 0 Å². The molecule has 0 fully saturated rings. The highest BCUT2D eigenvalue weighted by atomic mass is 28.4. The van der Waals surface area contributed by atoms with Crippen LogP contribution in [-0.2, 0) is 18.1 Å². The Morgan fingerprint density at radius 1 is 0.812 bits per heavy atom. The molecule has 0 saturated heterocycles. The third kappa shape index (κ3) is 14.5. The molecule has 0 bridgehead atoms. The van der Waals surface area contributed by atoms with Gasteiger partial charge >= 0.3 is 0 Å². The molecule has 0 radical (unpaired) electrons. The molecule has 0 saturated carbocycles. The molecule has 0 spiro atoms. The fourth-order valence-electron chi connectivity index (χ4n) is 5.58. The van der Waals surface area contributed by atoms with Crippen molar-refractivity contribution >= 4 is 30.7 Å². The van der Waals surface area contributed by atoms with Crippen molar-refractivity contribution in [2.24, 2.45) is 11.8 Å². The van der Waals surface area contributed by atoms with Crippen LogP contribution in [0.15, 0.2) is 37.0 Å². The number of allylic oxidation sites excluding steroid dienone is 1. The van der Waals surface area contributed by atoms with Crippen molar-refractivity contribution in [3.05, 3.63) is 37.0 Å². The fourth-order valence-corrected chi connectivity index (χ4v) is 11.5. The van der Waals surface area contributed by atoms with E-state index in [4.69, 9.17) is 13.3 Å². The summed E-state index contributed by atoms with van der Waals surface area (Å²) in [4.78, 5) is 14.2. The summed E-state index contributed by atoms with van der Waals surface area (Å²) >= 11 is 0. The molecule has 282 valence electrons. The van der Waals surface area contributed by atoms with E-state index in [1.165, 1.54) is 0 Å². The van der Waals surface area contributed by atoms with Gasteiger partial charge in [-0.1, -0.05) is 107 Å². The Balaban J connectivity index is 5.90. The van der Waals surface area contributed by atoms with Gasteiger partial charge in [0.05, 0.1) is 12.2 Å². The van der Waals surface area contributed by atoms with E-state index in [2.05, 4.69) is 129 Å². The monoisotopic (exact) mass is 725 g/mol. The smallest absolute Gasteiger partial charge is 0.193 e. The van der Waals surface area contributed by atoms with Crippen LogP contribution in [0.25, 0.3) is 0 Å². The van der Waals surface area contributed by atoms with Gasteiger partial charge in [-0.15, -0.1) is 6.58 Å². The van der Waals surface area contributed by atoms with Crippen LogP contribution in [0.3, 0.4) is 0 Å². The Morgan fingerprint density at radius 3 is 1.73 bits per heavy atom. The minimum atomic E-state index is -2.13. The molecular formula is C40H80O5Si3. The zero-order valence-electron chi connectivity index (χ0n) is 34.8. The molecular weight excluding hydrogens is 645 g/mol. The lowest BCUT2D eigenvalue weighted by atomic mass is 9.89. The molecule has 6 atom stereocenters. The van der Waals surface area contributed by atoms with Gasteiger partial charge in [0.25, 0.3) is 0 Å². The van der Waals surface area contributed by atoms with Crippen molar-refractivity contribution in [1.82, 2.24) is 0 Å². The Bertz CT molecular complexity index is 1030. The van der Waals surface area contributed by atoms with Crippen LogP contribution in [0, 0.1) is 11.8 Å². The van der Waals surface area contributed by atoms with E-state index in [0.717, 1.165) is 30.1 Å². The summed E-state index contributed by atoms with van der Waals surface area (Å²) in [6, 6.07) is 2.88. The summed E-state index contributed by atoms with van der Waals surface area (Å²) in [5.41, 5.74) is -0.174. The quantitative estimate of drug-likeness (QED) is 0.0839. The van der Waals surface area contributed by atoms with E-state index < -0.39 is 36.7 Å². The molecule has 0 aliphatic carbocycles. The number of aliphatic hydroxyl groups is 1. The third-order valence-corrected chi connectivity index (χ3v) is 25.7. The first-order chi connectivity index (χ1) is 21.7. The Hall–Kier alpha value is -0.619. The van der Waals surface area contributed by atoms with Crippen molar-refractivity contribution in [3.8, 4) is 0 Å². The van der Waals surface area contributed by atoms with E-state index in [1.807, 2.05) is 19.1 Å². The second kappa shape index (κ2) is 19.3. The van der Waals surface area contributed by atoms with Crippen LogP contribution >= 0.6 is 0 Å². The van der Waals surface area contributed by atoms with Gasteiger partial charge in [-0.3, -0.25) is 4.79 Å². The van der Waals surface area contributed by atoms with Crippen LogP contribution in [-0.4, -0.2) is 59.8 Å². The molecule has 1 N–H and O–H groups in total. The maximum absolute atomic E-state index is 14.2. The van der Waals surface area contributed by atoms with E-state index >= 15 is 0 Å². The topological polar surface area (TPSA) is 65.0 Å². The molecule has 0 heterocycles. The van der Waals surface area contributed by atoms with Gasteiger partial charge in [-0.05, 0) is 106 Å². The second-order valence-electron chi connectivity index (χ2n) is 18.0. The maximum atomic E-state index is 14.2. The largest absolute Gasteiger partial charge is 0.414 e. The predicted molar refractivity (Wildman–Crippen MR) is 217 cm³/mol. The number of rotatable bonds is 23. The zero-order chi connectivity index (χ0) is 37.9. The first-order valence-corrected chi connectivity index (χ1v) is 27.2. The fraction of sp³-hybridized carbons (Fsp3) is 0.825. The summed E-state index contributed by atoms with van der Waals surface area (Å²) in [6.07, 6.45) is 8.48. The van der Waals surface area contributed by atoms with Gasteiger partial charge in [0.1, 0.15) is 5.60 Å². The van der Waals surface area contributed by atoms with E-state index in [9.17, 15) is 9.90 Å². The van der Waals surface area contributed by atoms with Crippen molar-refractivity contribution in [2.45, 2.75) is 200 Å².